The van der Waals surface area contributed by atoms with Gasteiger partial charge in [-0.25, -0.2) is 9.97 Å². The Morgan fingerprint density at radius 1 is 1.33 bits per heavy atom. The van der Waals surface area contributed by atoms with E-state index >= 15 is 0 Å². The number of rotatable bonds is 4. The second-order valence-corrected chi connectivity index (χ2v) is 4.53. The number of carbonyl (C=O) groups is 1. The number of nitrogens with zero attached hydrogens (tertiary/aromatic N) is 3. The molecular formula is C12H11N3O2S. The molecule has 0 aliphatic rings. The Balaban J connectivity index is 2.29. The van der Waals surface area contributed by atoms with Crippen LogP contribution in [0.15, 0.2) is 35.5 Å². The smallest absolute Gasteiger partial charge is 0.313 e. The lowest BCUT2D eigenvalue weighted by Crippen LogP contribution is -2.00. The van der Waals surface area contributed by atoms with Gasteiger partial charge >= 0.3 is 5.97 Å². The minimum atomic E-state index is -0.865. The van der Waals surface area contributed by atoms with E-state index in [1.165, 1.54) is 11.8 Å². The normalized spacial score (nSPS) is 10.3. The monoisotopic (exact) mass is 261 g/mol. The lowest BCUT2D eigenvalue weighted by molar-refractivity contribution is -0.133. The standard InChI is InChI=1S/C12H11N3O2S/c1-8-14-10(9-4-2-3-5-13-9)6-11(15-8)18-7-12(16)17/h2-6H,7H2,1H3,(H,16,17). The van der Waals surface area contributed by atoms with Crippen LogP contribution in [0.25, 0.3) is 11.4 Å². The van der Waals surface area contributed by atoms with Crippen molar-refractivity contribution < 1.29 is 9.90 Å². The zero-order valence-electron chi connectivity index (χ0n) is 9.70. The summed E-state index contributed by atoms with van der Waals surface area (Å²) in [6.07, 6.45) is 1.69. The van der Waals surface area contributed by atoms with Gasteiger partial charge < -0.3 is 5.11 Å². The largest absolute Gasteiger partial charge is 0.481 e. The summed E-state index contributed by atoms with van der Waals surface area (Å²) in [5, 5.41) is 9.30. The topological polar surface area (TPSA) is 76.0 Å². The molecule has 2 heterocycles. The van der Waals surface area contributed by atoms with Gasteiger partial charge in [-0.1, -0.05) is 17.8 Å². The Morgan fingerprint density at radius 3 is 2.83 bits per heavy atom. The first kappa shape index (κ1) is 12.5. The zero-order valence-corrected chi connectivity index (χ0v) is 10.5. The van der Waals surface area contributed by atoms with Crippen molar-refractivity contribution in [1.29, 1.82) is 0 Å². The fraction of sp³-hybridized carbons (Fsp3) is 0.167. The molecule has 92 valence electrons. The number of hydrogen-bond acceptors (Lipinski definition) is 5. The summed E-state index contributed by atoms with van der Waals surface area (Å²) in [5.41, 5.74) is 1.45. The number of carboxylic acids is 1. The van der Waals surface area contributed by atoms with Crippen molar-refractivity contribution in [1.82, 2.24) is 15.0 Å². The fourth-order valence-corrected chi connectivity index (χ4v) is 2.06. The molecular weight excluding hydrogens is 250 g/mol. The first-order chi connectivity index (χ1) is 8.65. The molecule has 0 fully saturated rings. The molecule has 0 unspecified atom stereocenters. The maximum Gasteiger partial charge on any atom is 0.313 e. The van der Waals surface area contributed by atoms with Gasteiger partial charge in [0.05, 0.1) is 17.1 Å². The van der Waals surface area contributed by atoms with Crippen LogP contribution in [0.3, 0.4) is 0 Å². The van der Waals surface area contributed by atoms with Crippen molar-refractivity contribution in [2.75, 3.05) is 5.75 Å². The quantitative estimate of drug-likeness (QED) is 0.670. The van der Waals surface area contributed by atoms with E-state index in [1.54, 1.807) is 19.2 Å². The second kappa shape index (κ2) is 5.59. The Bertz CT molecular complexity index is 561. The van der Waals surface area contributed by atoms with Crippen LogP contribution in [0.4, 0.5) is 0 Å². The van der Waals surface area contributed by atoms with Crippen LogP contribution < -0.4 is 0 Å². The van der Waals surface area contributed by atoms with Crippen molar-refractivity contribution >= 4 is 17.7 Å². The molecule has 1 N–H and O–H groups in total. The fourth-order valence-electron chi connectivity index (χ4n) is 1.40. The van der Waals surface area contributed by atoms with Gasteiger partial charge in [0.15, 0.2) is 0 Å². The van der Waals surface area contributed by atoms with Crippen molar-refractivity contribution in [3.05, 3.63) is 36.3 Å². The van der Waals surface area contributed by atoms with Gasteiger partial charge in [0.2, 0.25) is 0 Å². The van der Waals surface area contributed by atoms with Crippen molar-refractivity contribution in [2.24, 2.45) is 0 Å². The first-order valence-corrected chi connectivity index (χ1v) is 6.25. The van der Waals surface area contributed by atoms with Gasteiger partial charge in [-0.3, -0.25) is 9.78 Å². The molecule has 0 aliphatic carbocycles. The lowest BCUT2D eigenvalue weighted by Gasteiger charge is -2.04. The third kappa shape index (κ3) is 3.27. The highest BCUT2D eigenvalue weighted by Crippen LogP contribution is 2.21. The van der Waals surface area contributed by atoms with Gasteiger partial charge in [0.25, 0.3) is 0 Å². The summed E-state index contributed by atoms with van der Waals surface area (Å²) < 4.78 is 0. The van der Waals surface area contributed by atoms with Crippen LogP contribution in [-0.4, -0.2) is 31.8 Å². The number of hydrogen-bond donors (Lipinski definition) is 1. The summed E-state index contributed by atoms with van der Waals surface area (Å²) in [7, 11) is 0. The lowest BCUT2D eigenvalue weighted by atomic mass is 10.2. The van der Waals surface area contributed by atoms with E-state index in [-0.39, 0.29) is 5.75 Å². The van der Waals surface area contributed by atoms with E-state index < -0.39 is 5.97 Å². The predicted molar refractivity (Wildman–Crippen MR) is 68.4 cm³/mol. The van der Waals surface area contributed by atoms with Crippen LogP contribution in [0, 0.1) is 6.92 Å². The molecule has 5 nitrogen and oxygen atoms in total. The SMILES string of the molecule is Cc1nc(SCC(=O)O)cc(-c2ccccn2)n1. The van der Waals surface area contributed by atoms with E-state index in [4.69, 9.17) is 5.11 Å². The number of pyridine rings is 1. The van der Waals surface area contributed by atoms with E-state index in [2.05, 4.69) is 15.0 Å². The van der Waals surface area contributed by atoms with Crippen LogP contribution in [-0.2, 0) is 4.79 Å². The van der Waals surface area contributed by atoms with Crippen LogP contribution in [0.2, 0.25) is 0 Å². The molecule has 2 rings (SSSR count). The van der Waals surface area contributed by atoms with Crippen LogP contribution >= 0.6 is 11.8 Å². The molecule has 0 atom stereocenters. The summed E-state index contributed by atoms with van der Waals surface area (Å²) in [4.78, 5) is 23.2. The van der Waals surface area contributed by atoms with E-state index in [0.717, 1.165) is 5.69 Å². The van der Waals surface area contributed by atoms with E-state index in [1.807, 2.05) is 18.2 Å². The van der Waals surface area contributed by atoms with Crippen molar-refractivity contribution in [3.63, 3.8) is 0 Å². The Kier molecular flexibility index (Phi) is 3.88. The zero-order chi connectivity index (χ0) is 13.0. The number of thioether (sulfide) groups is 1. The van der Waals surface area contributed by atoms with Gasteiger partial charge in [-0.05, 0) is 25.1 Å². The Hall–Kier alpha value is -1.95. The molecule has 0 saturated carbocycles. The van der Waals surface area contributed by atoms with E-state index in [9.17, 15) is 4.79 Å². The molecule has 6 heteroatoms. The molecule has 2 aromatic heterocycles. The van der Waals surface area contributed by atoms with Crippen LogP contribution in [0.5, 0.6) is 0 Å². The molecule has 0 aliphatic heterocycles. The first-order valence-electron chi connectivity index (χ1n) is 5.27. The van der Waals surface area contributed by atoms with E-state index in [0.29, 0.717) is 16.5 Å². The number of aliphatic carboxylic acids is 1. The van der Waals surface area contributed by atoms with Gasteiger partial charge in [-0.2, -0.15) is 0 Å². The molecule has 0 aromatic carbocycles. The third-order valence-corrected chi connectivity index (χ3v) is 2.98. The average Bonchev–Trinajstić information content (AvgIpc) is 2.37. The second-order valence-electron chi connectivity index (χ2n) is 3.54. The highest BCUT2D eigenvalue weighted by molar-refractivity contribution is 7.99. The van der Waals surface area contributed by atoms with Gasteiger partial charge in [-0.15, -0.1) is 0 Å². The van der Waals surface area contributed by atoms with Crippen molar-refractivity contribution in [3.8, 4) is 11.4 Å². The predicted octanol–water partition coefficient (Wildman–Crippen LogP) is 2.02. The molecule has 0 bridgehead atoms. The summed E-state index contributed by atoms with van der Waals surface area (Å²) >= 11 is 1.17. The summed E-state index contributed by atoms with van der Waals surface area (Å²) in [6, 6.07) is 7.32. The number of aryl methyl sites for hydroxylation is 1. The molecule has 0 amide bonds. The van der Waals surface area contributed by atoms with Gasteiger partial charge in [0, 0.05) is 6.20 Å². The average molecular weight is 261 g/mol. The minimum Gasteiger partial charge on any atom is -0.481 e. The summed E-state index contributed by atoms with van der Waals surface area (Å²) in [6.45, 7) is 1.78. The molecule has 0 saturated heterocycles. The Morgan fingerprint density at radius 2 is 2.17 bits per heavy atom. The van der Waals surface area contributed by atoms with Crippen LogP contribution in [0.1, 0.15) is 5.82 Å². The van der Waals surface area contributed by atoms with Gasteiger partial charge in [0.1, 0.15) is 10.9 Å². The molecule has 18 heavy (non-hydrogen) atoms. The maximum absolute atomic E-state index is 10.5. The highest BCUT2D eigenvalue weighted by atomic mass is 32.2. The minimum absolute atomic E-state index is 0.0158. The molecule has 2 aromatic rings. The molecule has 0 spiro atoms. The summed E-state index contributed by atoms with van der Waals surface area (Å²) in [5.74, 6) is -0.278. The number of aromatic nitrogens is 3. The van der Waals surface area contributed by atoms with Crippen molar-refractivity contribution in [2.45, 2.75) is 11.9 Å². The Labute approximate surface area is 108 Å². The third-order valence-electron chi connectivity index (χ3n) is 2.09. The number of carboxylic acid groups (broad SMARTS) is 1. The maximum atomic E-state index is 10.5. The molecule has 0 radical (unpaired) electrons. The highest BCUT2D eigenvalue weighted by Gasteiger charge is 2.07.